The van der Waals surface area contributed by atoms with Gasteiger partial charge < -0.3 is 14.5 Å². The van der Waals surface area contributed by atoms with Crippen molar-refractivity contribution in [1.29, 1.82) is 0 Å². The van der Waals surface area contributed by atoms with Crippen molar-refractivity contribution in [3.05, 3.63) is 40.2 Å². The zero-order valence-electron chi connectivity index (χ0n) is 16.8. The molecule has 0 aliphatic heterocycles. The van der Waals surface area contributed by atoms with Crippen LogP contribution in [-0.2, 0) is 0 Å². The van der Waals surface area contributed by atoms with Crippen molar-refractivity contribution in [1.82, 2.24) is 5.32 Å². The molecule has 0 saturated heterocycles. The van der Waals surface area contributed by atoms with Gasteiger partial charge in [-0.3, -0.25) is 4.79 Å². The number of fused-ring (bicyclic) bond motifs is 1. The summed E-state index contributed by atoms with van der Waals surface area (Å²) < 4.78 is 10.6. The van der Waals surface area contributed by atoms with Gasteiger partial charge in [-0.2, -0.15) is 0 Å². The number of carbonyl (C=O) groups excluding carboxylic acids is 1. The monoisotopic (exact) mass is 385 g/mol. The lowest BCUT2D eigenvalue weighted by Gasteiger charge is -2.19. The Balaban J connectivity index is 1.72. The van der Waals surface area contributed by atoms with E-state index in [1.54, 1.807) is 31.4 Å². The summed E-state index contributed by atoms with van der Waals surface area (Å²) in [5.41, 5.74) is -0.0800. The summed E-state index contributed by atoms with van der Waals surface area (Å²) in [6, 6.07) is 6.91. The molecule has 0 unspecified atom stereocenters. The molecule has 5 nitrogen and oxygen atoms in total. The third-order valence-corrected chi connectivity index (χ3v) is 5.62. The first kappa shape index (κ1) is 20.4. The quantitative estimate of drug-likeness (QED) is 0.737. The Morgan fingerprint density at radius 2 is 1.57 bits per heavy atom. The van der Waals surface area contributed by atoms with Crippen LogP contribution in [0.15, 0.2) is 33.5 Å². The molecule has 152 valence electrons. The summed E-state index contributed by atoms with van der Waals surface area (Å²) in [5, 5.41) is 3.77. The van der Waals surface area contributed by atoms with Crippen LogP contribution in [0.25, 0.3) is 11.0 Å². The topological polar surface area (TPSA) is 68.5 Å². The van der Waals surface area contributed by atoms with E-state index >= 15 is 0 Å². The van der Waals surface area contributed by atoms with Gasteiger partial charge in [0.1, 0.15) is 16.9 Å². The Morgan fingerprint density at radius 3 is 2.18 bits per heavy atom. The molecule has 0 radical (unpaired) electrons. The summed E-state index contributed by atoms with van der Waals surface area (Å²) >= 11 is 0. The maximum atomic E-state index is 12.8. The number of hydrogen-bond acceptors (Lipinski definition) is 4. The van der Waals surface area contributed by atoms with Crippen LogP contribution in [0, 0.1) is 0 Å². The highest BCUT2D eigenvalue weighted by atomic mass is 16.5. The van der Waals surface area contributed by atoms with E-state index in [9.17, 15) is 9.59 Å². The molecule has 1 saturated carbocycles. The SMILES string of the molecule is COc1ccc2oc(=O)c(C(=O)NC3CCCCCCCCCCC3)cc2c1. The molecule has 1 aliphatic rings. The Bertz CT molecular complexity index is 830. The molecule has 0 spiro atoms. The summed E-state index contributed by atoms with van der Waals surface area (Å²) in [7, 11) is 1.58. The molecular weight excluding hydrogens is 354 g/mol. The summed E-state index contributed by atoms with van der Waals surface area (Å²) in [6.07, 6.45) is 13.1. The van der Waals surface area contributed by atoms with Crippen LogP contribution in [0.3, 0.4) is 0 Å². The minimum atomic E-state index is -0.594. The second-order valence-electron chi connectivity index (χ2n) is 7.78. The minimum Gasteiger partial charge on any atom is -0.497 e. The second-order valence-corrected chi connectivity index (χ2v) is 7.78. The van der Waals surface area contributed by atoms with E-state index in [1.807, 2.05) is 0 Å². The second kappa shape index (κ2) is 10.3. The Labute approximate surface area is 166 Å². The van der Waals surface area contributed by atoms with Gasteiger partial charge in [0.05, 0.1) is 7.11 Å². The standard InChI is InChI=1S/C23H31NO4/c1-27-19-13-14-21-17(15-19)16-20(23(26)28-21)22(25)24-18-11-9-7-5-3-2-4-6-8-10-12-18/h13-16,18H,2-12H2,1H3,(H,24,25). The van der Waals surface area contributed by atoms with E-state index < -0.39 is 5.63 Å². The molecule has 0 atom stereocenters. The van der Waals surface area contributed by atoms with Gasteiger partial charge in [-0.1, -0.05) is 57.8 Å². The van der Waals surface area contributed by atoms with Gasteiger partial charge in [-0.05, 0) is 37.1 Å². The number of ether oxygens (including phenoxy) is 1. The Kier molecular flexibility index (Phi) is 7.52. The highest BCUT2D eigenvalue weighted by Crippen LogP contribution is 2.21. The summed E-state index contributed by atoms with van der Waals surface area (Å²) in [4.78, 5) is 25.1. The number of benzene rings is 1. The van der Waals surface area contributed by atoms with Crippen molar-refractivity contribution in [2.75, 3.05) is 7.11 Å². The predicted molar refractivity (Wildman–Crippen MR) is 111 cm³/mol. The molecular formula is C23H31NO4. The summed E-state index contributed by atoms with van der Waals surface area (Å²) in [5.74, 6) is 0.322. The number of amides is 1. The largest absolute Gasteiger partial charge is 0.497 e. The van der Waals surface area contributed by atoms with E-state index in [0.29, 0.717) is 16.7 Å². The third kappa shape index (κ3) is 5.60. The number of nitrogens with one attached hydrogen (secondary N) is 1. The maximum Gasteiger partial charge on any atom is 0.349 e. The first-order chi connectivity index (χ1) is 13.7. The van der Waals surface area contributed by atoms with Crippen LogP contribution in [0.4, 0.5) is 0 Å². The minimum absolute atomic E-state index is 0.0619. The highest BCUT2D eigenvalue weighted by molar-refractivity contribution is 5.96. The normalized spacial score (nSPS) is 17.5. The van der Waals surface area contributed by atoms with Gasteiger partial charge in [0, 0.05) is 11.4 Å². The van der Waals surface area contributed by atoms with Crippen LogP contribution in [0.5, 0.6) is 5.75 Å². The van der Waals surface area contributed by atoms with Crippen molar-refractivity contribution in [3.8, 4) is 5.75 Å². The lowest BCUT2D eigenvalue weighted by Crippen LogP contribution is -2.37. The fourth-order valence-electron chi connectivity index (χ4n) is 3.96. The lowest BCUT2D eigenvalue weighted by molar-refractivity contribution is 0.0928. The zero-order chi connectivity index (χ0) is 19.8. The van der Waals surface area contributed by atoms with Crippen LogP contribution in [0.1, 0.15) is 81.0 Å². The number of methoxy groups -OCH3 is 1. The molecule has 28 heavy (non-hydrogen) atoms. The van der Waals surface area contributed by atoms with Gasteiger partial charge in [0.15, 0.2) is 0 Å². The Morgan fingerprint density at radius 1 is 0.964 bits per heavy atom. The van der Waals surface area contributed by atoms with Crippen LogP contribution >= 0.6 is 0 Å². The van der Waals surface area contributed by atoms with Crippen LogP contribution < -0.4 is 15.7 Å². The third-order valence-electron chi connectivity index (χ3n) is 5.62. The van der Waals surface area contributed by atoms with E-state index in [1.165, 1.54) is 44.9 Å². The first-order valence-corrected chi connectivity index (χ1v) is 10.6. The number of rotatable bonds is 3. The van der Waals surface area contributed by atoms with Crippen molar-refractivity contribution in [3.63, 3.8) is 0 Å². The van der Waals surface area contributed by atoms with Gasteiger partial charge in [0.2, 0.25) is 0 Å². The van der Waals surface area contributed by atoms with Crippen molar-refractivity contribution >= 4 is 16.9 Å². The van der Waals surface area contributed by atoms with E-state index in [-0.39, 0.29) is 17.5 Å². The molecule has 1 aromatic heterocycles. The van der Waals surface area contributed by atoms with Gasteiger partial charge >= 0.3 is 5.63 Å². The van der Waals surface area contributed by atoms with Crippen LogP contribution in [-0.4, -0.2) is 19.1 Å². The highest BCUT2D eigenvalue weighted by Gasteiger charge is 2.18. The van der Waals surface area contributed by atoms with E-state index in [4.69, 9.17) is 9.15 Å². The number of hydrogen-bond donors (Lipinski definition) is 1. The first-order valence-electron chi connectivity index (χ1n) is 10.6. The average Bonchev–Trinajstić information content (AvgIpc) is 2.69. The molecule has 1 aliphatic carbocycles. The fourth-order valence-corrected chi connectivity index (χ4v) is 3.96. The maximum absolute atomic E-state index is 12.8. The molecule has 1 amide bonds. The molecule has 5 heteroatoms. The van der Waals surface area contributed by atoms with Gasteiger partial charge in [-0.15, -0.1) is 0 Å². The molecule has 1 aromatic carbocycles. The fraction of sp³-hybridized carbons (Fsp3) is 0.565. The van der Waals surface area contributed by atoms with Crippen molar-refractivity contribution < 1.29 is 13.9 Å². The summed E-state index contributed by atoms with van der Waals surface area (Å²) in [6.45, 7) is 0. The van der Waals surface area contributed by atoms with Gasteiger partial charge in [0.25, 0.3) is 5.91 Å². The predicted octanol–water partition coefficient (Wildman–Crippen LogP) is 5.20. The van der Waals surface area contributed by atoms with E-state index in [0.717, 1.165) is 25.7 Å². The average molecular weight is 386 g/mol. The van der Waals surface area contributed by atoms with E-state index in [2.05, 4.69) is 5.32 Å². The smallest absolute Gasteiger partial charge is 0.349 e. The van der Waals surface area contributed by atoms with Crippen LogP contribution in [0.2, 0.25) is 0 Å². The molecule has 0 bridgehead atoms. The Hall–Kier alpha value is -2.30. The molecule has 3 rings (SSSR count). The molecule has 2 aromatic rings. The molecule has 1 heterocycles. The molecule has 1 N–H and O–H groups in total. The van der Waals surface area contributed by atoms with Crippen molar-refractivity contribution in [2.45, 2.75) is 76.7 Å². The van der Waals surface area contributed by atoms with Crippen molar-refractivity contribution in [2.24, 2.45) is 0 Å². The number of carbonyl (C=O) groups is 1. The lowest BCUT2D eigenvalue weighted by atomic mass is 9.97. The zero-order valence-corrected chi connectivity index (χ0v) is 16.8. The van der Waals surface area contributed by atoms with Gasteiger partial charge in [-0.25, -0.2) is 4.79 Å². The molecule has 1 fully saturated rings.